The molecule has 0 spiro atoms. The number of carboxylic acid groups (broad SMARTS) is 1. The van der Waals surface area contributed by atoms with E-state index >= 15 is 0 Å². The summed E-state index contributed by atoms with van der Waals surface area (Å²) in [6.07, 6.45) is 5.12. The Kier molecular flexibility index (Phi) is 9.64. The molecular formula is C27H27F5N8O3. The van der Waals surface area contributed by atoms with Gasteiger partial charge in [0, 0.05) is 62.2 Å². The maximum atomic E-state index is 13.6. The fraction of sp³-hybridized carbons (Fsp3) is 0.444. The van der Waals surface area contributed by atoms with E-state index in [4.69, 9.17) is 21.1 Å². The molecule has 16 heteroatoms. The first-order valence-electron chi connectivity index (χ1n) is 13.1. The molecule has 2 aromatic heterocycles. The maximum absolute atomic E-state index is 13.6. The number of para-hydroxylation sites is 1. The highest BCUT2D eigenvalue weighted by atomic mass is 19.4. The van der Waals surface area contributed by atoms with Crippen molar-refractivity contribution < 1.29 is 36.6 Å². The van der Waals surface area contributed by atoms with E-state index in [1.807, 2.05) is 36.4 Å². The van der Waals surface area contributed by atoms with Gasteiger partial charge in [0.2, 0.25) is 0 Å². The molecule has 2 N–H and O–H groups in total. The lowest BCUT2D eigenvalue weighted by atomic mass is 9.88. The summed E-state index contributed by atoms with van der Waals surface area (Å²) < 4.78 is 66.7. The van der Waals surface area contributed by atoms with Crippen molar-refractivity contribution in [2.45, 2.75) is 68.6 Å². The number of terminal acetylenes is 1. The van der Waals surface area contributed by atoms with E-state index < -0.39 is 35.8 Å². The number of benzene rings is 1. The number of carboxylic acids is 1. The smallest absolute Gasteiger partial charge is 0.488 e. The van der Waals surface area contributed by atoms with E-state index in [9.17, 15) is 22.0 Å². The Morgan fingerprint density at radius 3 is 2.51 bits per heavy atom. The van der Waals surface area contributed by atoms with Crippen LogP contribution in [0, 0.1) is 12.3 Å². The van der Waals surface area contributed by atoms with Crippen molar-refractivity contribution in [3.63, 3.8) is 0 Å². The van der Waals surface area contributed by atoms with E-state index in [0.717, 1.165) is 11.1 Å². The molecule has 0 amide bonds. The van der Waals surface area contributed by atoms with Crippen LogP contribution in [0.4, 0.5) is 22.0 Å². The van der Waals surface area contributed by atoms with Crippen molar-refractivity contribution in [1.29, 1.82) is 0 Å². The fourth-order valence-electron chi connectivity index (χ4n) is 4.37. The second kappa shape index (κ2) is 13.2. The Bertz CT molecular complexity index is 1440. The molecule has 3 aromatic rings. The second-order valence-corrected chi connectivity index (χ2v) is 9.91. The Morgan fingerprint density at radius 1 is 1.19 bits per heavy atom. The molecule has 0 radical (unpaired) electrons. The molecule has 43 heavy (non-hydrogen) atoms. The van der Waals surface area contributed by atoms with Crippen LogP contribution >= 0.6 is 0 Å². The number of tetrazole rings is 1. The minimum absolute atomic E-state index is 0.288. The van der Waals surface area contributed by atoms with Crippen molar-refractivity contribution in [3.05, 3.63) is 65.7 Å². The predicted octanol–water partition coefficient (Wildman–Crippen LogP) is 4.90. The number of alkyl halides is 5. The molecule has 1 fully saturated rings. The molecule has 1 aliphatic carbocycles. The lowest BCUT2D eigenvalue weighted by Gasteiger charge is -2.35. The number of nitrogens with one attached hydrogen (secondary N) is 1. The molecule has 1 unspecified atom stereocenters. The van der Waals surface area contributed by atoms with E-state index in [1.54, 1.807) is 12.4 Å². The summed E-state index contributed by atoms with van der Waals surface area (Å²) in [6, 6.07) is 10.4. The van der Waals surface area contributed by atoms with Gasteiger partial charge in [0.05, 0.1) is 12.1 Å². The van der Waals surface area contributed by atoms with Gasteiger partial charge >= 0.3 is 12.1 Å². The van der Waals surface area contributed by atoms with Crippen molar-refractivity contribution in [2.75, 3.05) is 6.54 Å². The first-order valence-corrected chi connectivity index (χ1v) is 13.1. The zero-order valence-corrected chi connectivity index (χ0v) is 22.6. The zero-order chi connectivity index (χ0) is 31.1. The number of nitrogens with zero attached hydrogens (tertiary/aromatic N) is 7. The fourth-order valence-corrected chi connectivity index (χ4v) is 4.37. The van der Waals surface area contributed by atoms with Crippen LogP contribution in [-0.2, 0) is 11.4 Å². The molecule has 0 saturated heterocycles. The molecule has 228 valence electrons. The number of ether oxygens (including phenoxy) is 1. The van der Waals surface area contributed by atoms with Gasteiger partial charge in [-0.1, -0.05) is 24.3 Å². The molecule has 1 aromatic carbocycles. The van der Waals surface area contributed by atoms with Gasteiger partial charge in [0.1, 0.15) is 12.4 Å². The van der Waals surface area contributed by atoms with Crippen molar-refractivity contribution in [1.82, 2.24) is 30.5 Å². The maximum Gasteiger partial charge on any atom is 0.490 e. The van der Waals surface area contributed by atoms with Crippen LogP contribution in [-0.4, -0.2) is 60.6 Å². The Labute approximate surface area is 242 Å². The van der Waals surface area contributed by atoms with Crippen molar-refractivity contribution >= 4 is 5.97 Å². The molecule has 5 rings (SSSR count). The van der Waals surface area contributed by atoms with Gasteiger partial charge in [-0.2, -0.15) is 23.4 Å². The quantitative estimate of drug-likeness (QED) is 0.219. The largest absolute Gasteiger partial charge is 0.490 e. The van der Waals surface area contributed by atoms with Crippen LogP contribution in [0.1, 0.15) is 61.1 Å². The summed E-state index contributed by atoms with van der Waals surface area (Å²) in [5.74, 6) is -1.73. The minimum atomic E-state index is -5.08. The first-order chi connectivity index (χ1) is 20.4. The third-order valence-corrected chi connectivity index (χ3v) is 6.71. The van der Waals surface area contributed by atoms with Gasteiger partial charge < -0.3 is 15.2 Å². The third-order valence-electron chi connectivity index (χ3n) is 6.71. The van der Waals surface area contributed by atoms with Gasteiger partial charge in [0.15, 0.2) is 11.5 Å². The monoisotopic (exact) mass is 606 g/mol. The van der Waals surface area contributed by atoms with Gasteiger partial charge in [-0.25, -0.2) is 18.3 Å². The summed E-state index contributed by atoms with van der Waals surface area (Å²) in [4.78, 5) is 13.0. The average Bonchev–Trinajstić information content (AvgIpc) is 3.57. The second-order valence-electron chi connectivity index (χ2n) is 9.91. The van der Waals surface area contributed by atoms with E-state index in [0.29, 0.717) is 44.0 Å². The first kappa shape index (κ1) is 31.4. The number of aliphatic carboxylic acids is 1. The molecule has 1 aliphatic heterocycles. The topological polar surface area (TPSA) is 140 Å². The third kappa shape index (κ3) is 8.51. The highest BCUT2D eigenvalue weighted by Crippen LogP contribution is 2.46. The molecule has 2 aliphatic rings. The Morgan fingerprint density at radius 2 is 1.91 bits per heavy atom. The van der Waals surface area contributed by atoms with Gasteiger partial charge in [0.25, 0.3) is 5.92 Å². The highest BCUT2D eigenvalue weighted by molar-refractivity contribution is 5.73. The number of carbonyl (C=O) groups is 1. The zero-order valence-electron chi connectivity index (χ0n) is 22.6. The van der Waals surface area contributed by atoms with Crippen molar-refractivity contribution in [3.8, 4) is 18.1 Å². The van der Waals surface area contributed by atoms with E-state index in [1.165, 1.54) is 4.68 Å². The molecule has 11 nitrogen and oxygen atoms in total. The van der Waals surface area contributed by atoms with Crippen LogP contribution in [0.25, 0.3) is 0 Å². The van der Waals surface area contributed by atoms with Gasteiger partial charge in [-0.3, -0.25) is 4.98 Å². The molecule has 1 atom stereocenters. The number of hydrogen-bond donors (Lipinski definition) is 2. The van der Waals surface area contributed by atoms with Crippen LogP contribution in [0.5, 0.6) is 5.75 Å². The lowest BCUT2D eigenvalue weighted by Crippen LogP contribution is -2.39. The highest BCUT2D eigenvalue weighted by Gasteiger charge is 2.48. The SMILES string of the molecule is C#CCCC1(CCNC(c2ccccc2OCc2cccnc2)c2nnnn2C2CC(F)(F)C2)N=N1.O=C(O)C(F)(F)F. The van der Waals surface area contributed by atoms with Crippen molar-refractivity contribution in [2.24, 2.45) is 10.2 Å². The van der Waals surface area contributed by atoms with E-state index in [-0.39, 0.29) is 12.8 Å². The standard InChI is InChI=1S/C25H26F2N8O.C2HF3O2/c1-2-3-10-25(31-32-25)11-13-29-22(23-30-33-34-35(23)19-14-24(26,27)15-19)20-8-4-5-9-21(20)36-17-18-7-6-12-28-16-18;3-2(4,5)1(6)7/h1,4-9,12,16,19,22,29H,3,10-11,13-15,17H2;(H,6,7). The Balaban J connectivity index is 0.000000541. The summed E-state index contributed by atoms with van der Waals surface area (Å²) in [5, 5.41) is 31.1. The molecule has 1 saturated carbocycles. The summed E-state index contributed by atoms with van der Waals surface area (Å²) in [7, 11) is 0. The van der Waals surface area contributed by atoms with E-state index in [2.05, 4.69) is 42.0 Å². The lowest BCUT2D eigenvalue weighted by molar-refractivity contribution is -0.192. The number of pyridine rings is 1. The van der Waals surface area contributed by atoms with Crippen LogP contribution in [0.15, 0.2) is 59.0 Å². The molecular weight excluding hydrogens is 579 g/mol. The average molecular weight is 607 g/mol. The number of aromatic nitrogens is 5. The minimum Gasteiger partial charge on any atom is -0.488 e. The number of halogens is 5. The normalized spacial score (nSPS) is 17.1. The van der Waals surface area contributed by atoms with Crippen LogP contribution in [0.2, 0.25) is 0 Å². The molecule has 0 bridgehead atoms. The number of hydrogen-bond acceptors (Lipinski definition) is 9. The summed E-state index contributed by atoms with van der Waals surface area (Å²) in [5.41, 5.74) is 1.26. The van der Waals surface area contributed by atoms with Crippen LogP contribution < -0.4 is 10.1 Å². The van der Waals surface area contributed by atoms with Gasteiger partial charge in [-0.15, -0.1) is 17.4 Å². The van der Waals surface area contributed by atoms with Gasteiger partial charge in [-0.05, 0) is 22.6 Å². The summed E-state index contributed by atoms with van der Waals surface area (Å²) in [6.45, 7) is 0.858. The van der Waals surface area contributed by atoms with Crippen LogP contribution in [0.3, 0.4) is 0 Å². The summed E-state index contributed by atoms with van der Waals surface area (Å²) >= 11 is 0. The number of rotatable bonds is 12. The molecule has 3 heterocycles. The Hall–Kier alpha value is -4.52. The predicted molar refractivity (Wildman–Crippen MR) is 140 cm³/mol.